The van der Waals surface area contributed by atoms with Crippen molar-refractivity contribution in [1.82, 2.24) is 0 Å². The average molecular weight is 237 g/mol. The van der Waals surface area contributed by atoms with Crippen LogP contribution >= 0.6 is 12.6 Å². The zero-order valence-corrected chi connectivity index (χ0v) is 9.35. The van der Waals surface area contributed by atoms with Gasteiger partial charge in [-0.3, -0.25) is 4.79 Å². The van der Waals surface area contributed by atoms with Crippen LogP contribution in [0.3, 0.4) is 0 Å². The Morgan fingerprint density at radius 1 is 1.50 bits per heavy atom. The molecule has 84 valence electrons. The molecule has 1 unspecified atom stereocenters. The monoisotopic (exact) mass is 237 g/mol. The van der Waals surface area contributed by atoms with Gasteiger partial charge in [0.05, 0.1) is 5.56 Å². The number of carboxylic acids is 1. The van der Waals surface area contributed by atoms with Crippen LogP contribution in [0.25, 0.3) is 0 Å². The maximum absolute atomic E-state index is 11.6. The van der Waals surface area contributed by atoms with Crippen LogP contribution in [-0.4, -0.2) is 28.8 Å². The summed E-state index contributed by atoms with van der Waals surface area (Å²) >= 11 is 4.25. The number of carbonyl (C=O) groups excluding carboxylic acids is 1. The van der Waals surface area contributed by atoms with E-state index in [4.69, 9.17) is 5.11 Å². The quantitative estimate of drug-likeness (QED) is 0.765. The van der Waals surface area contributed by atoms with E-state index in [1.54, 1.807) is 17.0 Å². The zero-order valence-electron chi connectivity index (χ0n) is 8.46. The molecular formula is C11H11NO3S. The van der Waals surface area contributed by atoms with Crippen molar-refractivity contribution in [2.75, 3.05) is 11.4 Å². The number of carboxylic acid groups (broad SMARTS) is 1. The summed E-state index contributed by atoms with van der Waals surface area (Å²) in [5.74, 6) is -1.00. The van der Waals surface area contributed by atoms with Gasteiger partial charge in [0.1, 0.15) is 0 Å². The Balaban J connectivity index is 2.30. The lowest BCUT2D eigenvalue weighted by Crippen LogP contribution is -2.24. The minimum absolute atomic E-state index is 0.0115. The van der Waals surface area contributed by atoms with Gasteiger partial charge in [-0.05, 0) is 18.2 Å². The Hall–Kier alpha value is -1.49. The van der Waals surface area contributed by atoms with Gasteiger partial charge in [-0.15, -0.1) is 0 Å². The number of thiol groups is 1. The third-order valence-corrected chi connectivity index (χ3v) is 2.86. The summed E-state index contributed by atoms with van der Waals surface area (Å²) in [5.41, 5.74) is 0.814. The second-order valence-corrected chi connectivity index (χ2v) is 4.45. The first-order chi connectivity index (χ1) is 7.58. The Labute approximate surface area is 98.3 Å². The molecule has 0 bridgehead atoms. The number of hydrogen-bond acceptors (Lipinski definition) is 3. The molecule has 1 fully saturated rings. The van der Waals surface area contributed by atoms with E-state index in [9.17, 15) is 9.59 Å². The molecule has 0 spiro atoms. The number of benzene rings is 1. The molecule has 0 saturated carbocycles. The first kappa shape index (κ1) is 11.0. The van der Waals surface area contributed by atoms with E-state index >= 15 is 0 Å². The van der Waals surface area contributed by atoms with E-state index in [1.165, 1.54) is 12.1 Å². The molecule has 16 heavy (non-hydrogen) atoms. The van der Waals surface area contributed by atoms with Crippen molar-refractivity contribution in [2.24, 2.45) is 0 Å². The highest BCUT2D eigenvalue weighted by Crippen LogP contribution is 2.24. The molecule has 1 saturated heterocycles. The smallest absolute Gasteiger partial charge is 0.335 e. The Bertz CT molecular complexity index is 447. The number of carbonyl (C=O) groups is 2. The zero-order chi connectivity index (χ0) is 11.7. The molecule has 4 nitrogen and oxygen atoms in total. The lowest BCUT2D eigenvalue weighted by atomic mass is 10.2. The Morgan fingerprint density at radius 2 is 2.25 bits per heavy atom. The summed E-state index contributed by atoms with van der Waals surface area (Å²) in [6.07, 6.45) is 0.403. The van der Waals surface area contributed by atoms with E-state index in [0.717, 1.165) is 0 Å². The molecule has 0 aromatic heterocycles. The Morgan fingerprint density at radius 3 is 2.81 bits per heavy atom. The first-order valence-electron chi connectivity index (χ1n) is 4.89. The molecule has 1 atom stereocenters. The average Bonchev–Trinajstić information content (AvgIpc) is 2.58. The minimum atomic E-state index is -0.990. The molecule has 1 aliphatic heterocycles. The summed E-state index contributed by atoms with van der Waals surface area (Å²) in [5, 5.41) is 8.88. The highest BCUT2D eigenvalue weighted by Gasteiger charge is 2.28. The highest BCUT2D eigenvalue weighted by molar-refractivity contribution is 7.81. The fraction of sp³-hybridized carbons (Fsp3) is 0.273. The standard InChI is InChI=1S/C11H11NO3S/c13-10-5-9(16)6-12(10)8-3-1-2-7(4-8)11(14)15/h1-4,9,16H,5-6H2,(H,14,15). The Kier molecular flexibility index (Phi) is 2.87. The van der Waals surface area contributed by atoms with Gasteiger partial charge >= 0.3 is 5.97 Å². The van der Waals surface area contributed by atoms with Crippen molar-refractivity contribution in [1.29, 1.82) is 0 Å². The number of anilines is 1. The molecule has 0 radical (unpaired) electrons. The van der Waals surface area contributed by atoms with Crippen molar-refractivity contribution < 1.29 is 14.7 Å². The fourth-order valence-corrected chi connectivity index (χ4v) is 2.06. The molecule has 1 aromatic rings. The predicted molar refractivity (Wildman–Crippen MR) is 63.1 cm³/mol. The number of nitrogens with zero attached hydrogens (tertiary/aromatic N) is 1. The largest absolute Gasteiger partial charge is 0.478 e. The highest BCUT2D eigenvalue weighted by atomic mass is 32.1. The van der Waals surface area contributed by atoms with Crippen molar-refractivity contribution in [3.05, 3.63) is 29.8 Å². The minimum Gasteiger partial charge on any atom is -0.478 e. The van der Waals surface area contributed by atoms with Crippen molar-refractivity contribution >= 4 is 30.2 Å². The van der Waals surface area contributed by atoms with Crippen LogP contribution in [-0.2, 0) is 4.79 Å². The summed E-state index contributed by atoms with van der Waals surface area (Å²) in [6.45, 7) is 0.533. The van der Waals surface area contributed by atoms with Crippen LogP contribution in [0.2, 0.25) is 0 Å². The third-order valence-electron chi connectivity index (χ3n) is 2.51. The van der Waals surface area contributed by atoms with Gasteiger partial charge < -0.3 is 10.0 Å². The summed E-state index contributed by atoms with van der Waals surface area (Å²) in [7, 11) is 0. The summed E-state index contributed by atoms with van der Waals surface area (Å²) < 4.78 is 0. The van der Waals surface area contributed by atoms with Crippen molar-refractivity contribution in [2.45, 2.75) is 11.7 Å². The molecule has 5 heteroatoms. The molecule has 1 amide bonds. The van der Waals surface area contributed by atoms with E-state index in [-0.39, 0.29) is 16.7 Å². The van der Waals surface area contributed by atoms with Gasteiger partial charge in [0.2, 0.25) is 5.91 Å². The van der Waals surface area contributed by atoms with E-state index < -0.39 is 5.97 Å². The lowest BCUT2D eigenvalue weighted by molar-refractivity contribution is -0.117. The van der Waals surface area contributed by atoms with Gasteiger partial charge in [0.15, 0.2) is 0 Å². The molecule has 1 heterocycles. The lowest BCUT2D eigenvalue weighted by Gasteiger charge is -2.16. The number of aromatic carboxylic acids is 1. The fourth-order valence-electron chi connectivity index (χ4n) is 1.75. The predicted octanol–water partition coefficient (Wildman–Crippen LogP) is 1.42. The van der Waals surface area contributed by atoms with Gasteiger partial charge in [0.25, 0.3) is 0 Å². The van der Waals surface area contributed by atoms with E-state index in [1.807, 2.05) is 0 Å². The topological polar surface area (TPSA) is 57.6 Å². The van der Waals surface area contributed by atoms with Gasteiger partial charge in [0, 0.05) is 23.9 Å². The normalized spacial score (nSPS) is 20.2. The van der Waals surface area contributed by atoms with Crippen LogP contribution in [0.4, 0.5) is 5.69 Å². The second-order valence-electron chi connectivity index (χ2n) is 3.72. The first-order valence-corrected chi connectivity index (χ1v) is 5.41. The van der Waals surface area contributed by atoms with Crippen LogP contribution in [0.1, 0.15) is 16.8 Å². The van der Waals surface area contributed by atoms with Gasteiger partial charge in [-0.2, -0.15) is 12.6 Å². The van der Waals surface area contributed by atoms with E-state index in [2.05, 4.69) is 12.6 Å². The SMILES string of the molecule is O=C(O)c1cccc(N2CC(S)CC2=O)c1. The van der Waals surface area contributed by atoms with E-state index in [0.29, 0.717) is 18.7 Å². The van der Waals surface area contributed by atoms with Crippen molar-refractivity contribution in [3.8, 4) is 0 Å². The van der Waals surface area contributed by atoms with Crippen molar-refractivity contribution in [3.63, 3.8) is 0 Å². The molecule has 1 aromatic carbocycles. The van der Waals surface area contributed by atoms with Gasteiger partial charge in [-0.25, -0.2) is 4.79 Å². The van der Waals surface area contributed by atoms with Crippen LogP contribution in [0, 0.1) is 0 Å². The molecular weight excluding hydrogens is 226 g/mol. The molecule has 1 aliphatic rings. The number of amides is 1. The molecule has 1 N–H and O–H groups in total. The maximum atomic E-state index is 11.6. The summed E-state index contributed by atoms with van der Waals surface area (Å²) in [4.78, 5) is 24.0. The van der Waals surface area contributed by atoms with Crippen LogP contribution in [0.15, 0.2) is 24.3 Å². The number of hydrogen-bond donors (Lipinski definition) is 2. The van der Waals surface area contributed by atoms with Crippen LogP contribution < -0.4 is 4.90 Å². The molecule has 0 aliphatic carbocycles. The summed E-state index contributed by atoms with van der Waals surface area (Å²) in [6, 6.07) is 6.38. The third kappa shape index (κ3) is 2.04. The maximum Gasteiger partial charge on any atom is 0.335 e. The van der Waals surface area contributed by atoms with Gasteiger partial charge in [-0.1, -0.05) is 6.07 Å². The van der Waals surface area contributed by atoms with Crippen LogP contribution in [0.5, 0.6) is 0 Å². The second kappa shape index (κ2) is 4.17. The number of rotatable bonds is 2. The molecule has 2 rings (SSSR count).